The highest BCUT2D eigenvalue weighted by molar-refractivity contribution is 5.83. The average molecular weight is 295 g/mol. The summed E-state index contributed by atoms with van der Waals surface area (Å²) in [6.07, 6.45) is 6.30. The van der Waals surface area contributed by atoms with Crippen molar-refractivity contribution in [3.63, 3.8) is 0 Å². The average Bonchev–Trinajstić information content (AvgIpc) is 2.80. The van der Waals surface area contributed by atoms with Crippen molar-refractivity contribution in [1.29, 1.82) is 0 Å². The normalized spacial score (nSPS) is 28.8. The molecule has 1 heterocycles. The number of hydrogen-bond donors (Lipinski definition) is 3. The molecule has 0 aromatic carbocycles. The number of rotatable bonds is 4. The van der Waals surface area contributed by atoms with Crippen molar-refractivity contribution < 1.29 is 9.59 Å². The first-order chi connectivity index (χ1) is 9.85. The van der Waals surface area contributed by atoms with Crippen LogP contribution in [0.5, 0.6) is 0 Å². The second-order valence-corrected chi connectivity index (χ2v) is 7.45. The van der Waals surface area contributed by atoms with E-state index in [1.165, 1.54) is 25.7 Å². The molecule has 1 saturated carbocycles. The van der Waals surface area contributed by atoms with Gasteiger partial charge in [0, 0.05) is 24.5 Å². The molecule has 3 unspecified atom stereocenters. The summed E-state index contributed by atoms with van der Waals surface area (Å²) in [5, 5.41) is 9.24. The maximum absolute atomic E-state index is 12.2. The van der Waals surface area contributed by atoms with E-state index in [1.807, 2.05) is 20.8 Å². The van der Waals surface area contributed by atoms with Gasteiger partial charge in [0.2, 0.25) is 11.8 Å². The van der Waals surface area contributed by atoms with E-state index in [1.54, 1.807) is 0 Å². The number of carbonyl (C=O) groups is 2. The summed E-state index contributed by atoms with van der Waals surface area (Å²) in [4.78, 5) is 23.8. The minimum absolute atomic E-state index is 0.0177. The lowest BCUT2D eigenvalue weighted by molar-refractivity contribution is -0.124. The molecule has 5 heteroatoms. The Labute approximate surface area is 127 Å². The summed E-state index contributed by atoms with van der Waals surface area (Å²) >= 11 is 0. The van der Waals surface area contributed by atoms with Crippen LogP contribution < -0.4 is 16.0 Å². The molecule has 21 heavy (non-hydrogen) atoms. The second-order valence-electron chi connectivity index (χ2n) is 7.45. The lowest BCUT2D eigenvalue weighted by atomic mass is 9.85. The molecule has 3 N–H and O–H groups in total. The maximum Gasteiger partial charge on any atom is 0.237 e. The molecule has 1 aliphatic carbocycles. The summed E-state index contributed by atoms with van der Waals surface area (Å²) in [5.41, 5.74) is -0.218. The zero-order valence-electron chi connectivity index (χ0n) is 13.5. The minimum Gasteiger partial charge on any atom is -0.354 e. The molecular formula is C16H29N3O2. The van der Waals surface area contributed by atoms with E-state index in [9.17, 15) is 9.59 Å². The van der Waals surface area contributed by atoms with E-state index in [0.29, 0.717) is 24.9 Å². The zero-order chi connectivity index (χ0) is 15.5. The van der Waals surface area contributed by atoms with Crippen molar-refractivity contribution in [1.82, 2.24) is 16.0 Å². The van der Waals surface area contributed by atoms with Gasteiger partial charge < -0.3 is 16.0 Å². The Kier molecular flexibility index (Phi) is 5.25. The maximum atomic E-state index is 12.2. The van der Waals surface area contributed by atoms with Gasteiger partial charge >= 0.3 is 0 Å². The Morgan fingerprint density at radius 3 is 2.57 bits per heavy atom. The molecule has 120 valence electrons. The summed E-state index contributed by atoms with van der Waals surface area (Å²) in [6.45, 7) is 6.27. The van der Waals surface area contributed by atoms with Crippen LogP contribution in [0.4, 0.5) is 0 Å². The van der Waals surface area contributed by atoms with Crippen molar-refractivity contribution in [3.8, 4) is 0 Å². The molecule has 0 radical (unpaired) electrons. The summed E-state index contributed by atoms with van der Waals surface area (Å²) < 4.78 is 0. The molecule has 0 aromatic rings. The number of hydrogen-bond acceptors (Lipinski definition) is 3. The molecule has 5 nitrogen and oxygen atoms in total. The topological polar surface area (TPSA) is 70.2 Å². The van der Waals surface area contributed by atoms with Crippen molar-refractivity contribution in [2.45, 2.75) is 76.9 Å². The van der Waals surface area contributed by atoms with Crippen molar-refractivity contribution in [2.75, 3.05) is 6.54 Å². The van der Waals surface area contributed by atoms with Gasteiger partial charge in [-0.05, 0) is 46.0 Å². The molecule has 0 aromatic heterocycles. The van der Waals surface area contributed by atoms with Gasteiger partial charge in [0.1, 0.15) is 0 Å². The smallest absolute Gasteiger partial charge is 0.237 e. The summed E-state index contributed by atoms with van der Waals surface area (Å²) in [6, 6.07) is 0.461. The minimum atomic E-state index is -0.218. The molecule has 1 saturated heterocycles. The molecule has 2 rings (SSSR count). The third kappa shape index (κ3) is 4.99. The van der Waals surface area contributed by atoms with Crippen LogP contribution in [-0.4, -0.2) is 36.0 Å². The van der Waals surface area contributed by atoms with E-state index >= 15 is 0 Å². The fourth-order valence-electron chi connectivity index (χ4n) is 3.42. The fourth-order valence-corrected chi connectivity index (χ4v) is 3.42. The number of fused-ring (bicyclic) bond motifs is 1. The third-order valence-electron chi connectivity index (χ3n) is 4.34. The second kappa shape index (κ2) is 6.77. The first kappa shape index (κ1) is 16.3. The quantitative estimate of drug-likeness (QED) is 0.733. The van der Waals surface area contributed by atoms with Crippen molar-refractivity contribution >= 4 is 11.8 Å². The SMILES string of the molecule is CC(C)(C)NC(=O)CCNC(=O)C1CC2CCCCC2N1. The Hall–Kier alpha value is -1.10. The van der Waals surface area contributed by atoms with Crippen LogP contribution in [0, 0.1) is 5.92 Å². The van der Waals surface area contributed by atoms with E-state index in [4.69, 9.17) is 0 Å². The van der Waals surface area contributed by atoms with E-state index in [0.717, 1.165) is 6.42 Å². The molecule has 3 atom stereocenters. The Morgan fingerprint density at radius 2 is 1.90 bits per heavy atom. The van der Waals surface area contributed by atoms with Gasteiger partial charge in [0.25, 0.3) is 0 Å². The Balaban J connectivity index is 1.67. The van der Waals surface area contributed by atoms with Crippen LogP contribution in [0.1, 0.15) is 59.3 Å². The zero-order valence-corrected chi connectivity index (χ0v) is 13.5. The van der Waals surface area contributed by atoms with Gasteiger partial charge in [0.05, 0.1) is 6.04 Å². The number of nitrogens with one attached hydrogen (secondary N) is 3. The van der Waals surface area contributed by atoms with Gasteiger partial charge in [-0.15, -0.1) is 0 Å². The number of carbonyl (C=O) groups excluding carboxylic acids is 2. The Bertz CT molecular complexity index is 375. The fraction of sp³-hybridized carbons (Fsp3) is 0.875. The summed E-state index contributed by atoms with van der Waals surface area (Å²) in [7, 11) is 0. The highest BCUT2D eigenvalue weighted by Gasteiger charge is 2.37. The van der Waals surface area contributed by atoms with E-state index in [2.05, 4.69) is 16.0 Å². The first-order valence-electron chi connectivity index (χ1n) is 8.20. The molecule has 2 aliphatic rings. The first-order valence-corrected chi connectivity index (χ1v) is 8.20. The highest BCUT2D eigenvalue weighted by Crippen LogP contribution is 2.33. The van der Waals surface area contributed by atoms with Gasteiger partial charge in [0.15, 0.2) is 0 Å². The molecule has 0 bridgehead atoms. The highest BCUT2D eigenvalue weighted by atomic mass is 16.2. The monoisotopic (exact) mass is 295 g/mol. The van der Waals surface area contributed by atoms with Crippen LogP contribution in [0.2, 0.25) is 0 Å². The van der Waals surface area contributed by atoms with E-state index < -0.39 is 0 Å². The molecular weight excluding hydrogens is 266 g/mol. The molecule has 2 fully saturated rings. The van der Waals surface area contributed by atoms with Crippen LogP contribution in [0.25, 0.3) is 0 Å². The largest absolute Gasteiger partial charge is 0.354 e. The van der Waals surface area contributed by atoms with Crippen LogP contribution in [-0.2, 0) is 9.59 Å². The van der Waals surface area contributed by atoms with Crippen molar-refractivity contribution in [3.05, 3.63) is 0 Å². The molecule has 1 aliphatic heterocycles. The van der Waals surface area contributed by atoms with Gasteiger partial charge in [-0.2, -0.15) is 0 Å². The predicted octanol–water partition coefficient (Wildman–Crippen LogP) is 1.33. The molecule has 0 spiro atoms. The van der Waals surface area contributed by atoms with Gasteiger partial charge in [-0.1, -0.05) is 12.8 Å². The third-order valence-corrected chi connectivity index (χ3v) is 4.34. The van der Waals surface area contributed by atoms with Gasteiger partial charge in [-0.25, -0.2) is 0 Å². The van der Waals surface area contributed by atoms with Crippen LogP contribution in [0.3, 0.4) is 0 Å². The van der Waals surface area contributed by atoms with Gasteiger partial charge in [-0.3, -0.25) is 9.59 Å². The predicted molar refractivity (Wildman–Crippen MR) is 82.8 cm³/mol. The van der Waals surface area contributed by atoms with Crippen LogP contribution >= 0.6 is 0 Å². The van der Waals surface area contributed by atoms with Crippen molar-refractivity contribution in [2.24, 2.45) is 5.92 Å². The lowest BCUT2D eigenvalue weighted by Gasteiger charge is -2.24. The molecule has 2 amide bonds. The summed E-state index contributed by atoms with van der Waals surface area (Å²) in [5.74, 6) is 0.697. The van der Waals surface area contributed by atoms with Crippen LogP contribution in [0.15, 0.2) is 0 Å². The Morgan fingerprint density at radius 1 is 1.19 bits per heavy atom. The van der Waals surface area contributed by atoms with E-state index in [-0.39, 0.29) is 23.4 Å². The number of amides is 2. The standard InChI is InChI=1S/C16H29N3O2/c1-16(2,3)19-14(20)8-9-17-15(21)13-10-11-6-4-5-7-12(11)18-13/h11-13,18H,4-10H2,1-3H3,(H,17,21)(H,19,20). The lowest BCUT2D eigenvalue weighted by Crippen LogP contribution is -2.45.